The molecule has 188 valence electrons. The van der Waals surface area contributed by atoms with E-state index in [1.807, 2.05) is 18.3 Å². The van der Waals surface area contributed by atoms with Gasteiger partial charge in [0.15, 0.2) is 11.8 Å². The minimum Gasteiger partial charge on any atom is -0.456 e. The largest absolute Gasteiger partial charge is 0.456 e. The van der Waals surface area contributed by atoms with Gasteiger partial charge in [-0.1, -0.05) is 60.1 Å². The van der Waals surface area contributed by atoms with Gasteiger partial charge in [0.1, 0.15) is 24.5 Å². The van der Waals surface area contributed by atoms with E-state index < -0.39 is 6.10 Å². The van der Waals surface area contributed by atoms with Gasteiger partial charge < -0.3 is 24.3 Å². The van der Waals surface area contributed by atoms with Crippen molar-refractivity contribution < 1.29 is 19.3 Å². The lowest BCUT2D eigenvalue weighted by Crippen LogP contribution is -2.34. The van der Waals surface area contributed by atoms with Crippen molar-refractivity contribution in [3.05, 3.63) is 65.2 Å². The molecule has 2 fully saturated rings. The summed E-state index contributed by atoms with van der Waals surface area (Å²) in [6.45, 7) is 1.37. The number of aromatic nitrogens is 3. The normalized spacial score (nSPS) is 26.7. The monoisotopic (exact) mass is 517 g/mol. The summed E-state index contributed by atoms with van der Waals surface area (Å²) in [7, 11) is 0. The van der Waals surface area contributed by atoms with Crippen LogP contribution in [0.5, 0.6) is 6.01 Å². The predicted molar refractivity (Wildman–Crippen MR) is 139 cm³/mol. The van der Waals surface area contributed by atoms with Gasteiger partial charge in [0.2, 0.25) is 0 Å². The van der Waals surface area contributed by atoms with Crippen LogP contribution in [0.25, 0.3) is 33.5 Å². The van der Waals surface area contributed by atoms with E-state index in [9.17, 15) is 5.11 Å². The maximum absolute atomic E-state index is 9.94. The molecule has 37 heavy (non-hydrogen) atoms. The lowest BCUT2D eigenvalue weighted by atomic mass is 10.0. The van der Waals surface area contributed by atoms with Crippen LogP contribution in [0.3, 0.4) is 0 Å². The Labute approximate surface area is 217 Å². The Morgan fingerprint density at radius 3 is 2.41 bits per heavy atom. The first-order valence-corrected chi connectivity index (χ1v) is 12.6. The number of aliphatic hydroxyl groups excluding tert-OH is 1. The van der Waals surface area contributed by atoms with Crippen LogP contribution in [0.1, 0.15) is 11.7 Å². The smallest absolute Gasteiger partial charge is 0.296 e. The highest BCUT2D eigenvalue weighted by Crippen LogP contribution is 2.33. The lowest BCUT2D eigenvalue weighted by molar-refractivity contribution is 0.00706. The number of imidazole rings is 1. The Hall–Kier alpha value is -3.34. The van der Waals surface area contributed by atoms with Gasteiger partial charge in [-0.05, 0) is 22.8 Å². The number of nitrogens with one attached hydrogen (secondary N) is 2. The number of aromatic amines is 1. The fourth-order valence-electron chi connectivity index (χ4n) is 5.10. The molecule has 10 heteroatoms. The Morgan fingerprint density at radius 1 is 0.919 bits per heavy atom. The molecule has 0 aliphatic carbocycles. The zero-order valence-electron chi connectivity index (χ0n) is 19.7. The third-order valence-electron chi connectivity index (χ3n) is 7.02. The van der Waals surface area contributed by atoms with E-state index in [2.05, 4.69) is 56.7 Å². The van der Waals surface area contributed by atoms with Gasteiger partial charge in [-0.25, -0.2) is 4.98 Å². The van der Waals surface area contributed by atoms with E-state index in [0.717, 1.165) is 28.8 Å². The molecule has 4 aromatic rings. The van der Waals surface area contributed by atoms with Gasteiger partial charge in [0, 0.05) is 18.3 Å². The fraction of sp³-hybridized carbons (Fsp3) is 0.296. The summed E-state index contributed by atoms with van der Waals surface area (Å²) < 4.78 is 17.2. The van der Waals surface area contributed by atoms with E-state index in [1.54, 1.807) is 6.07 Å². The molecule has 2 saturated heterocycles. The second-order valence-electron chi connectivity index (χ2n) is 9.39. The molecule has 9 nitrogen and oxygen atoms in total. The number of aliphatic hydroxyl groups is 1. The standard InChI is InChI=1S/C27H24ClN5O4/c28-18-11-19-26(33-27(31-19)37-21-13-36-23-20(34)12-35-24(21)23)32-22(18)16-5-1-14(2-6-16)15-3-7-17(8-4-15)25-29-9-10-30-25/h1-9,11,20-21,23-25,30,34H,10,12-13H2,(H,31,32,33)/t20-,21-,23-,24-,25?/m1/s1. The Kier molecular flexibility index (Phi) is 5.67. The first-order chi connectivity index (χ1) is 18.1. The SMILES string of the molecule is O[C@@H]1CO[C@H]2[C@@H]1OC[C@H]2Oc1nc2nc(-c3ccc(-c4ccc(C5N=CCN5)cc4)cc3)c(Cl)cc2[nH]1. The summed E-state index contributed by atoms with van der Waals surface area (Å²) in [5, 5.41) is 13.8. The van der Waals surface area contributed by atoms with Gasteiger partial charge in [-0.15, -0.1) is 0 Å². The zero-order valence-corrected chi connectivity index (χ0v) is 20.4. The number of fused-ring (bicyclic) bond motifs is 2. The van der Waals surface area contributed by atoms with Crippen molar-refractivity contribution in [3.63, 3.8) is 0 Å². The predicted octanol–water partition coefficient (Wildman–Crippen LogP) is 3.52. The van der Waals surface area contributed by atoms with Crippen molar-refractivity contribution in [1.29, 1.82) is 0 Å². The van der Waals surface area contributed by atoms with E-state index in [4.69, 9.17) is 30.8 Å². The number of aliphatic imine (C=N–C) groups is 1. The van der Waals surface area contributed by atoms with Crippen LogP contribution >= 0.6 is 11.6 Å². The van der Waals surface area contributed by atoms with Crippen LogP contribution in [-0.4, -0.2) is 70.4 Å². The number of pyridine rings is 1. The van der Waals surface area contributed by atoms with Gasteiger partial charge in [0.25, 0.3) is 6.01 Å². The van der Waals surface area contributed by atoms with Gasteiger partial charge in [-0.3, -0.25) is 10.3 Å². The van der Waals surface area contributed by atoms with Crippen molar-refractivity contribution in [2.75, 3.05) is 19.8 Å². The molecule has 3 N–H and O–H groups in total. The highest BCUT2D eigenvalue weighted by molar-refractivity contribution is 6.33. The van der Waals surface area contributed by atoms with E-state index in [0.29, 0.717) is 34.5 Å². The van der Waals surface area contributed by atoms with Gasteiger partial charge >= 0.3 is 0 Å². The molecule has 0 bridgehead atoms. The summed E-state index contributed by atoms with van der Waals surface area (Å²) >= 11 is 6.61. The molecule has 5 heterocycles. The summed E-state index contributed by atoms with van der Waals surface area (Å²) in [5.41, 5.74) is 6.08. The Bertz CT molecular complexity index is 1470. The number of benzene rings is 2. The molecule has 1 unspecified atom stereocenters. The number of nitrogens with zero attached hydrogens (tertiary/aromatic N) is 3. The number of hydrogen-bond acceptors (Lipinski definition) is 8. The molecule has 0 spiro atoms. The van der Waals surface area contributed by atoms with Crippen LogP contribution in [0.4, 0.5) is 0 Å². The Balaban J connectivity index is 1.10. The van der Waals surface area contributed by atoms with Crippen LogP contribution in [0.15, 0.2) is 59.6 Å². The van der Waals surface area contributed by atoms with Crippen LogP contribution in [0, 0.1) is 0 Å². The number of ether oxygens (including phenoxy) is 3. The zero-order chi connectivity index (χ0) is 24.9. The molecule has 7 rings (SSSR count). The van der Waals surface area contributed by atoms with Crippen LogP contribution in [0.2, 0.25) is 5.02 Å². The first kappa shape index (κ1) is 22.8. The second kappa shape index (κ2) is 9.20. The highest BCUT2D eigenvalue weighted by Gasteiger charge is 2.48. The fourth-order valence-corrected chi connectivity index (χ4v) is 5.36. The molecule has 0 radical (unpaired) electrons. The van der Waals surface area contributed by atoms with Crippen molar-refractivity contribution in [1.82, 2.24) is 20.3 Å². The summed E-state index contributed by atoms with van der Waals surface area (Å²) in [6.07, 6.45) is 0.264. The third kappa shape index (κ3) is 4.18. The second-order valence-corrected chi connectivity index (χ2v) is 9.80. The van der Waals surface area contributed by atoms with Crippen LogP contribution < -0.4 is 10.1 Å². The molecular formula is C27H24ClN5O4. The van der Waals surface area contributed by atoms with E-state index in [-0.39, 0.29) is 31.1 Å². The number of rotatable bonds is 5. The average molecular weight is 518 g/mol. The van der Waals surface area contributed by atoms with Crippen molar-refractivity contribution in [3.8, 4) is 28.4 Å². The molecule has 0 saturated carbocycles. The molecule has 5 atom stereocenters. The minimum absolute atomic E-state index is 0.0415. The maximum atomic E-state index is 9.94. The van der Waals surface area contributed by atoms with E-state index in [1.165, 1.54) is 0 Å². The average Bonchev–Trinajstić information content (AvgIpc) is 3.71. The van der Waals surface area contributed by atoms with Gasteiger partial charge in [-0.2, -0.15) is 4.98 Å². The first-order valence-electron chi connectivity index (χ1n) is 12.2. The maximum Gasteiger partial charge on any atom is 0.296 e. The van der Waals surface area contributed by atoms with Crippen molar-refractivity contribution in [2.45, 2.75) is 30.6 Å². The molecule has 3 aliphatic heterocycles. The molecule has 2 aromatic carbocycles. The molecular weight excluding hydrogens is 494 g/mol. The molecule has 2 aromatic heterocycles. The van der Waals surface area contributed by atoms with E-state index >= 15 is 0 Å². The number of hydrogen-bond donors (Lipinski definition) is 3. The summed E-state index contributed by atoms with van der Waals surface area (Å²) in [6, 6.07) is 18.7. The number of halogens is 1. The minimum atomic E-state index is -0.632. The third-order valence-corrected chi connectivity index (χ3v) is 7.31. The molecule has 3 aliphatic rings. The van der Waals surface area contributed by atoms with Crippen LogP contribution in [-0.2, 0) is 9.47 Å². The highest BCUT2D eigenvalue weighted by atomic mass is 35.5. The summed E-state index contributed by atoms with van der Waals surface area (Å²) in [4.78, 5) is 16.8. The number of H-pyrrole nitrogens is 1. The quantitative estimate of drug-likeness (QED) is 0.371. The lowest BCUT2D eigenvalue weighted by Gasteiger charge is -2.15. The Morgan fingerprint density at radius 2 is 1.65 bits per heavy atom. The van der Waals surface area contributed by atoms with Crippen molar-refractivity contribution in [2.24, 2.45) is 4.99 Å². The molecule has 0 amide bonds. The topological polar surface area (TPSA) is 114 Å². The van der Waals surface area contributed by atoms with Gasteiger partial charge in [0.05, 0.1) is 29.4 Å². The summed E-state index contributed by atoms with van der Waals surface area (Å²) in [5.74, 6) is 0. The van der Waals surface area contributed by atoms with Crippen molar-refractivity contribution >= 4 is 29.0 Å².